The van der Waals surface area contributed by atoms with Gasteiger partial charge in [-0.1, -0.05) is 30.3 Å². The molecule has 0 saturated carbocycles. The number of amides is 1. The van der Waals surface area contributed by atoms with Crippen molar-refractivity contribution < 1.29 is 13.9 Å². The average molecular weight is 370 g/mol. The summed E-state index contributed by atoms with van der Waals surface area (Å²) < 4.78 is 18.7. The Hall–Kier alpha value is -2.77. The maximum atomic E-state index is 13.0. The van der Waals surface area contributed by atoms with Crippen molar-refractivity contribution in [1.82, 2.24) is 16.3 Å². The molecule has 3 rings (SSSR count). The highest BCUT2D eigenvalue weighted by molar-refractivity contribution is 5.99. The first-order valence-corrected chi connectivity index (χ1v) is 8.91. The summed E-state index contributed by atoms with van der Waals surface area (Å²) in [6.07, 6.45) is 0.570. The van der Waals surface area contributed by atoms with Crippen LogP contribution in [0.4, 0.5) is 4.39 Å². The molecular formula is C20H23FN4O2. The lowest BCUT2D eigenvalue weighted by Gasteiger charge is -2.15. The first-order chi connectivity index (χ1) is 13.1. The highest BCUT2D eigenvalue weighted by Crippen LogP contribution is 2.30. The van der Waals surface area contributed by atoms with Gasteiger partial charge in [0.15, 0.2) is 0 Å². The number of carbonyl (C=O) groups is 1. The van der Waals surface area contributed by atoms with Crippen LogP contribution in [0.3, 0.4) is 0 Å². The molecule has 1 amide bonds. The number of hydrazone groups is 1. The van der Waals surface area contributed by atoms with Gasteiger partial charge in [0.25, 0.3) is 5.91 Å². The van der Waals surface area contributed by atoms with Crippen LogP contribution < -0.4 is 21.0 Å². The molecule has 2 aromatic rings. The number of ether oxygens (including phenoxy) is 1. The van der Waals surface area contributed by atoms with E-state index >= 15 is 0 Å². The van der Waals surface area contributed by atoms with Crippen LogP contribution in [0.5, 0.6) is 5.75 Å². The molecule has 0 bridgehead atoms. The summed E-state index contributed by atoms with van der Waals surface area (Å²) in [4.78, 5) is 12.4. The average Bonchev–Trinajstić information content (AvgIpc) is 3.17. The van der Waals surface area contributed by atoms with Crippen LogP contribution in [0, 0.1) is 5.82 Å². The van der Waals surface area contributed by atoms with Crippen LogP contribution in [0.25, 0.3) is 0 Å². The van der Waals surface area contributed by atoms with E-state index in [9.17, 15) is 9.18 Å². The Morgan fingerprint density at radius 3 is 2.70 bits per heavy atom. The smallest absolute Gasteiger partial charge is 0.258 e. The number of hydrogen-bond donors (Lipinski definition) is 3. The van der Waals surface area contributed by atoms with Crippen molar-refractivity contribution in [1.29, 1.82) is 0 Å². The molecule has 1 aliphatic rings. The lowest BCUT2D eigenvalue weighted by molar-refractivity contribution is -0.122. The second kappa shape index (κ2) is 8.75. The number of hydrogen-bond acceptors (Lipinski definition) is 5. The van der Waals surface area contributed by atoms with E-state index in [-0.39, 0.29) is 17.8 Å². The van der Waals surface area contributed by atoms with E-state index in [4.69, 9.17) is 4.74 Å². The van der Waals surface area contributed by atoms with E-state index in [1.54, 1.807) is 19.1 Å². The number of nitrogens with zero attached hydrogens (tertiary/aromatic N) is 1. The minimum atomic E-state index is -0.422. The third-order valence-electron chi connectivity index (χ3n) is 4.41. The molecule has 0 spiro atoms. The summed E-state index contributed by atoms with van der Waals surface area (Å²) >= 11 is 0. The van der Waals surface area contributed by atoms with Gasteiger partial charge in [0.05, 0.1) is 18.4 Å². The van der Waals surface area contributed by atoms with Crippen LogP contribution in [-0.2, 0) is 4.79 Å². The van der Waals surface area contributed by atoms with Crippen molar-refractivity contribution in [3.63, 3.8) is 0 Å². The second-order valence-corrected chi connectivity index (χ2v) is 6.28. The molecule has 0 aromatic heterocycles. The largest absolute Gasteiger partial charge is 0.494 e. The number of nitrogens with one attached hydrogen (secondary N) is 3. The molecule has 2 aromatic carbocycles. The van der Waals surface area contributed by atoms with Gasteiger partial charge in [0.2, 0.25) is 0 Å². The Labute approximate surface area is 157 Å². The summed E-state index contributed by atoms with van der Waals surface area (Å²) in [5, 5.41) is 4.12. The molecule has 1 saturated heterocycles. The molecule has 1 aliphatic heterocycles. The van der Waals surface area contributed by atoms with E-state index in [1.165, 1.54) is 12.1 Å². The monoisotopic (exact) mass is 370 g/mol. The number of benzene rings is 2. The summed E-state index contributed by atoms with van der Waals surface area (Å²) in [6.45, 7) is 4.28. The first-order valence-electron chi connectivity index (χ1n) is 8.91. The predicted molar refractivity (Wildman–Crippen MR) is 102 cm³/mol. The Morgan fingerprint density at radius 2 is 1.96 bits per heavy atom. The number of para-hydroxylation sites is 1. The van der Waals surface area contributed by atoms with Gasteiger partial charge in [0.1, 0.15) is 17.6 Å². The third kappa shape index (κ3) is 4.69. The van der Waals surface area contributed by atoms with Gasteiger partial charge in [-0.05, 0) is 44.0 Å². The fraction of sp³-hybridized carbons (Fsp3) is 0.300. The van der Waals surface area contributed by atoms with Crippen molar-refractivity contribution in [2.75, 3.05) is 6.61 Å². The van der Waals surface area contributed by atoms with E-state index in [0.29, 0.717) is 18.7 Å². The molecule has 0 radical (unpaired) electrons. The van der Waals surface area contributed by atoms with Crippen LogP contribution in [0.15, 0.2) is 53.6 Å². The molecule has 0 aliphatic carbocycles. The van der Waals surface area contributed by atoms with Crippen molar-refractivity contribution in [3.8, 4) is 5.75 Å². The normalized spacial score (nSPS) is 19.7. The molecule has 1 fully saturated rings. The SMILES string of the molecule is CCOc1ccccc1C1CC(C(=O)N/N=C(\C)c2ccc(F)cc2)NN1. The van der Waals surface area contributed by atoms with Crippen molar-refractivity contribution in [2.24, 2.45) is 5.10 Å². The highest BCUT2D eigenvalue weighted by Gasteiger charge is 2.31. The number of hydrazine groups is 1. The van der Waals surface area contributed by atoms with E-state index in [0.717, 1.165) is 16.9 Å². The maximum absolute atomic E-state index is 13.0. The van der Waals surface area contributed by atoms with E-state index in [2.05, 4.69) is 21.4 Å². The van der Waals surface area contributed by atoms with Gasteiger partial charge in [-0.3, -0.25) is 4.79 Å². The van der Waals surface area contributed by atoms with Gasteiger partial charge < -0.3 is 4.74 Å². The second-order valence-electron chi connectivity index (χ2n) is 6.28. The van der Waals surface area contributed by atoms with E-state index < -0.39 is 6.04 Å². The van der Waals surface area contributed by atoms with Crippen LogP contribution in [-0.4, -0.2) is 24.3 Å². The Balaban J connectivity index is 1.61. The zero-order valence-corrected chi connectivity index (χ0v) is 15.3. The highest BCUT2D eigenvalue weighted by atomic mass is 19.1. The summed E-state index contributed by atoms with van der Waals surface area (Å²) in [6, 6.07) is 13.3. The third-order valence-corrected chi connectivity index (χ3v) is 4.41. The Kier molecular flexibility index (Phi) is 6.16. The maximum Gasteiger partial charge on any atom is 0.258 e. The Bertz CT molecular complexity index is 823. The molecule has 1 heterocycles. The summed E-state index contributed by atoms with van der Waals surface area (Å²) in [5.74, 6) is 0.265. The van der Waals surface area contributed by atoms with Crippen molar-refractivity contribution >= 4 is 11.6 Å². The van der Waals surface area contributed by atoms with E-state index in [1.807, 2.05) is 31.2 Å². The zero-order chi connectivity index (χ0) is 19.2. The van der Waals surface area contributed by atoms with Crippen LogP contribution in [0.2, 0.25) is 0 Å². The molecule has 142 valence electrons. The minimum absolute atomic E-state index is 0.0364. The summed E-state index contributed by atoms with van der Waals surface area (Å²) in [7, 11) is 0. The number of halogens is 1. The molecule has 27 heavy (non-hydrogen) atoms. The topological polar surface area (TPSA) is 74.8 Å². The molecule has 3 N–H and O–H groups in total. The van der Waals surface area contributed by atoms with Crippen molar-refractivity contribution in [3.05, 3.63) is 65.5 Å². The lowest BCUT2D eigenvalue weighted by Crippen LogP contribution is -2.41. The minimum Gasteiger partial charge on any atom is -0.494 e. The van der Waals surface area contributed by atoms with Crippen LogP contribution >= 0.6 is 0 Å². The number of rotatable bonds is 6. The molecular weight excluding hydrogens is 347 g/mol. The fourth-order valence-electron chi connectivity index (χ4n) is 2.96. The van der Waals surface area contributed by atoms with Crippen molar-refractivity contribution in [2.45, 2.75) is 32.4 Å². The molecule has 2 unspecified atom stereocenters. The van der Waals surface area contributed by atoms with Gasteiger partial charge >= 0.3 is 0 Å². The quantitative estimate of drug-likeness (QED) is 0.540. The fourth-order valence-corrected chi connectivity index (χ4v) is 2.96. The lowest BCUT2D eigenvalue weighted by atomic mass is 10.0. The van der Waals surface area contributed by atoms with Gasteiger partial charge in [-0.25, -0.2) is 20.7 Å². The Morgan fingerprint density at radius 1 is 1.22 bits per heavy atom. The molecule has 2 atom stereocenters. The standard InChI is InChI=1S/C20H23FN4O2/c1-3-27-19-7-5-4-6-16(19)17-12-18(24-23-17)20(26)25-22-13(2)14-8-10-15(21)11-9-14/h4-11,17-18,23-24H,3,12H2,1-2H3,(H,25,26)/b22-13+. The number of carbonyl (C=O) groups excluding carboxylic acids is 1. The predicted octanol–water partition coefficient (Wildman–Crippen LogP) is 2.67. The molecule has 6 nitrogen and oxygen atoms in total. The van der Waals surface area contributed by atoms with Crippen LogP contribution in [0.1, 0.15) is 37.4 Å². The summed E-state index contributed by atoms with van der Waals surface area (Å²) in [5.41, 5.74) is 11.1. The zero-order valence-electron chi connectivity index (χ0n) is 15.3. The molecule has 7 heteroatoms. The first kappa shape index (κ1) is 19.0. The van der Waals surface area contributed by atoms with Gasteiger partial charge in [-0.2, -0.15) is 5.10 Å². The van der Waals surface area contributed by atoms with Gasteiger partial charge in [0, 0.05) is 5.56 Å². The van der Waals surface area contributed by atoms with Gasteiger partial charge in [-0.15, -0.1) is 0 Å².